The summed E-state index contributed by atoms with van der Waals surface area (Å²) in [6, 6.07) is 8.46. The van der Waals surface area contributed by atoms with E-state index in [0.29, 0.717) is 26.4 Å². The molecule has 0 atom stereocenters. The number of unbranched alkanes of at least 4 members (excludes halogenated alkanes) is 5. The monoisotopic (exact) mass is 308 g/mol. The molecule has 0 spiro atoms. The fourth-order valence-electron chi connectivity index (χ4n) is 2.32. The van der Waals surface area contributed by atoms with Crippen LogP contribution in [0.4, 0.5) is 0 Å². The van der Waals surface area contributed by atoms with Gasteiger partial charge in [-0.1, -0.05) is 51.2 Å². The Morgan fingerprint density at radius 3 is 2.18 bits per heavy atom. The Morgan fingerprint density at radius 2 is 1.45 bits per heavy atom. The average molecular weight is 308 g/mol. The van der Waals surface area contributed by atoms with Crippen LogP contribution in [0.3, 0.4) is 0 Å². The number of aryl methyl sites for hydroxylation is 1. The van der Waals surface area contributed by atoms with Crippen molar-refractivity contribution in [1.29, 1.82) is 0 Å². The van der Waals surface area contributed by atoms with Crippen LogP contribution in [0.25, 0.3) is 0 Å². The van der Waals surface area contributed by atoms with Gasteiger partial charge in [-0.15, -0.1) is 0 Å². The Hall–Kier alpha value is -1.06. The summed E-state index contributed by atoms with van der Waals surface area (Å²) in [7, 11) is 1.67. The van der Waals surface area contributed by atoms with E-state index in [-0.39, 0.29) is 0 Å². The van der Waals surface area contributed by atoms with Crippen molar-refractivity contribution in [1.82, 2.24) is 0 Å². The maximum Gasteiger partial charge on any atom is 0.119 e. The second-order valence-electron chi connectivity index (χ2n) is 5.62. The molecule has 126 valence electrons. The van der Waals surface area contributed by atoms with Gasteiger partial charge in [-0.05, 0) is 30.5 Å². The molecule has 1 rings (SSSR count). The van der Waals surface area contributed by atoms with Gasteiger partial charge >= 0.3 is 0 Å². The molecule has 0 saturated heterocycles. The predicted molar refractivity (Wildman–Crippen MR) is 91.7 cm³/mol. The van der Waals surface area contributed by atoms with Crippen LogP contribution >= 0.6 is 0 Å². The highest BCUT2D eigenvalue weighted by atomic mass is 16.5. The van der Waals surface area contributed by atoms with E-state index in [1.54, 1.807) is 7.11 Å². The third-order valence-electron chi connectivity index (χ3n) is 3.67. The summed E-state index contributed by atoms with van der Waals surface area (Å²) in [5, 5.41) is 0. The van der Waals surface area contributed by atoms with E-state index >= 15 is 0 Å². The first kappa shape index (κ1) is 19.0. The molecule has 0 amide bonds. The van der Waals surface area contributed by atoms with Crippen LogP contribution in [0.15, 0.2) is 24.3 Å². The molecule has 0 bridgehead atoms. The van der Waals surface area contributed by atoms with Gasteiger partial charge < -0.3 is 14.2 Å². The van der Waals surface area contributed by atoms with Crippen molar-refractivity contribution in [3.63, 3.8) is 0 Å². The minimum absolute atomic E-state index is 0.584. The van der Waals surface area contributed by atoms with E-state index in [2.05, 4.69) is 31.2 Å². The van der Waals surface area contributed by atoms with Crippen molar-refractivity contribution >= 4 is 0 Å². The van der Waals surface area contributed by atoms with Crippen LogP contribution in [-0.2, 0) is 15.9 Å². The molecule has 0 N–H and O–H groups in total. The van der Waals surface area contributed by atoms with E-state index in [4.69, 9.17) is 14.2 Å². The second kappa shape index (κ2) is 13.6. The van der Waals surface area contributed by atoms with Crippen molar-refractivity contribution in [3.05, 3.63) is 29.8 Å². The summed E-state index contributed by atoms with van der Waals surface area (Å²) < 4.78 is 15.9. The maximum atomic E-state index is 5.65. The Balaban J connectivity index is 2.07. The number of ether oxygens (including phenoxy) is 3. The van der Waals surface area contributed by atoms with Crippen LogP contribution in [0, 0.1) is 0 Å². The lowest BCUT2D eigenvalue weighted by Crippen LogP contribution is -2.09. The highest BCUT2D eigenvalue weighted by molar-refractivity contribution is 5.27. The molecule has 0 radical (unpaired) electrons. The van der Waals surface area contributed by atoms with Crippen LogP contribution in [0.2, 0.25) is 0 Å². The van der Waals surface area contributed by atoms with Gasteiger partial charge in [-0.2, -0.15) is 0 Å². The molecule has 22 heavy (non-hydrogen) atoms. The quantitative estimate of drug-likeness (QED) is 0.469. The van der Waals surface area contributed by atoms with E-state index in [9.17, 15) is 0 Å². The first-order valence-corrected chi connectivity index (χ1v) is 8.65. The first-order valence-electron chi connectivity index (χ1n) is 8.65. The minimum Gasteiger partial charge on any atom is -0.491 e. The number of hydrogen-bond acceptors (Lipinski definition) is 3. The van der Waals surface area contributed by atoms with Crippen molar-refractivity contribution in [3.8, 4) is 5.75 Å². The molecule has 0 unspecified atom stereocenters. The molecule has 0 saturated carbocycles. The molecular formula is C19H32O3. The molecule has 0 aliphatic carbocycles. The van der Waals surface area contributed by atoms with Gasteiger partial charge in [0.05, 0.1) is 19.8 Å². The van der Waals surface area contributed by atoms with Gasteiger partial charge in [0, 0.05) is 7.11 Å². The highest BCUT2D eigenvalue weighted by Crippen LogP contribution is 2.15. The summed E-state index contributed by atoms with van der Waals surface area (Å²) in [6.07, 6.45) is 9.26. The molecule has 1 aromatic carbocycles. The Labute approximate surface area is 136 Å². The van der Waals surface area contributed by atoms with Gasteiger partial charge in [-0.3, -0.25) is 0 Å². The zero-order chi connectivity index (χ0) is 15.9. The standard InChI is InChI=1S/C19H32O3/c1-3-4-5-6-7-8-9-18-10-12-19(13-11-18)22-17-16-21-15-14-20-2/h10-13H,3-9,14-17H2,1-2H3. The molecule has 0 fully saturated rings. The number of hydrogen-bond donors (Lipinski definition) is 0. The third-order valence-corrected chi connectivity index (χ3v) is 3.67. The SMILES string of the molecule is CCCCCCCCc1ccc(OCCOCCOC)cc1. The van der Waals surface area contributed by atoms with Crippen LogP contribution < -0.4 is 4.74 Å². The summed E-state index contributed by atoms with van der Waals surface area (Å²) in [5.74, 6) is 0.919. The molecule has 0 aliphatic rings. The fraction of sp³-hybridized carbons (Fsp3) is 0.684. The molecule has 3 heteroatoms. The molecule has 3 nitrogen and oxygen atoms in total. The summed E-state index contributed by atoms with van der Waals surface area (Å²) in [4.78, 5) is 0. The van der Waals surface area contributed by atoms with E-state index in [1.807, 2.05) is 0 Å². The van der Waals surface area contributed by atoms with Gasteiger partial charge in [0.25, 0.3) is 0 Å². The Bertz CT molecular complexity index is 313. The molecule has 0 aliphatic heterocycles. The van der Waals surface area contributed by atoms with Gasteiger partial charge in [-0.25, -0.2) is 0 Å². The van der Waals surface area contributed by atoms with Crippen LogP contribution in [0.1, 0.15) is 51.0 Å². The minimum atomic E-state index is 0.584. The number of benzene rings is 1. The lowest BCUT2D eigenvalue weighted by atomic mass is 10.0. The van der Waals surface area contributed by atoms with Crippen LogP contribution in [-0.4, -0.2) is 33.5 Å². The first-order chi connectivity index (χ1) is 10.9. The van der Waals surface area contributed by atoms with Crippen molar-refractivity contribution in [2.45, 2.75) is 51.9 Å². The topological polar surface area (TPSA) is 27.7 Å². The third kappa shape index (κ3) is 9.80. The summed E-state index contributed by atoms with van der Waals surface area (Å²) in [5.41, 5.74) is 1.40. The van der Waals surface area contributed by atoms with Gasteiger partial charge in [0.2, 0.25) is 0 Å². The van der Waals surface area contributed by atoms with Gasteiger partial charge in [0.1, 0.15) is 12.4 Å². The Kier molecular flexibility index (Phi) is 11.7. The largest absolute Gasteiger partial charge is 0.491 e. The second-order valence-corrected chi connectivity index (χ2v) is 5.62. The van der Waals surface area contributed by atoms with Gasteiger partial charge in [0.15, 0.2) is 0 Å². The zero-order valence-corrected chi connectivity index (χ0v) is 14.3. The molecule has 0 aromatic heterocycles. The van der Waals surface area contributed by atoms with E-state index < -0.39 is 0 Å². The molecular weight excluding hydrogens is 276 g/mol. The predicted octanol–water partition coefficient (Wildman–Crippen LogP) is 4.63. The zero-order valence-electron chi connectivity index (χ0n) is 14.3. The average Bonchev–Trinajstić information content (AvgIpc) is 2.55. The Morgan fingerprint density at radius 1 is 0.773 bits per heavy atom. The normalized spacial score (nSPS) is 10.8. The molecule has 0 heterocycles. The highest BCUT2D eigenvalue weighted by Gasteiger charge is 1.97. The van der Waals surface area contributed by atoms with Crippen molar-refractivity contribution in [2.75, 3.05) is 33.5 Å². The van der Waals surface area contributed by atoms with Crippen molar-refractivity contribution in [2.24, 2.45) is 0 Å². The smallest absolute Gasteiger partial charge is 0.119 e. The summed E-state index contributed by atoms with van der Waals surface area (Å²) >= 11 is 0. The fourth-order valence-corrected chi connectivity index (χ4v) is 2.32. The lowest BCUT2D eigenvalue weighted by molar-refractivity contribution is 0.0544. The van der Waals surface area contributed by atoms with E-state index in [0.717, 1.165) is 5.75 Å². The lowest BCUT2D eigenvalue weighted by Gasteiger charge is -2.08. The van der Waals surface area contributed by atoms with E-state index in [1.165, 1.54) is 50.5 Å². The number of methoxy groups -OCH3 is 1. The molecule has 1 aromatic rings. The van der Waals surface area contributed by atoms with Crippen molar-refractivity contribution < 1.29 is 14.2 Å². The summed E-state index contributed by atoms with van der Waals surface area (Å²) in [6.45, 7) is 4.70. The number of rotatable bonds is 14. The van der Waals surface area contributed by atoms with Crippen LogP contribution in [0.5, 0.6) is 5.75 Å². The maximum absolute atomic E-state index is 5.65.